The van der Waals surface area contributed by atoms with E-state index in [9.17, 15) is 5.11 Å². The van der Waals surface area contributed by atoms with Gasteiger partial charge in [-0.15, -0.1) is 0 Å². The molecule has 4 heteroatoms. The van der Waals surface area contributed by atoms with Crippen LogP contribution in [0.4, 0.5) is 0 Å². The predicted octanol–water partition coefficient (Wildman–Crippen LogP) is 1.93. The number of benzene rings is 1. The maximum atomic E-state index is 9.69. The summed E-state index contributed by atoms with van der Waals surface area (Å²) in [6.07, 6.45) is 4.63. The fraction of sp³-hybridized carbons (Fsp3) is 0.625. The van der Waals surface area contributed by atoms with Gasteiger partial charge in [0.25, 0.3) is 0 Å². The van der Waals surface area contributed by atoms with Crippen LogP contribution in [-0.4, -0.2) is 42.9 Å². The minimum Gasteiger partial charge on any atom is -0.496 e. The maximum Gasteiger partial charge on any atom is 0.123 e. The van der Waals surface area contributed by atoms with Crippen LogP contribution < -0.4 is 10.5 Å². The van der Waals surface area contributed by atoms with E-state index in [0.29, 0.717) is 6.54 Å². The molecule has 0 amide bonds. The molecule has 1 aromatic rings. The number of likely N-dealkylation sites (tertiary alicyclic amines) is 1. The largest absolute Gasteiger partial charge is 0.496 e. The monoisotopic (exact) mass is 278 g/mol. The first-order chi connectivity index (χ1) is 9.81. The summed E-state index contributed by atoms with van der Waals surface area (Å²) in [6.45, 7) is 1.73. The minimum absolute atomic E-state index is 0.112. The number of hydrogen-bond acceptors (Lipinski definition) is 4. The zero-order valence-corrected chi connectivity index (χ0v) is 12.3. The summed E-state index contributed by atoms with van der Waals surface area (Å²) >= 11 is 0. The molecule has 3 N–H and O–H groups in total. The first-order valence-electron chi connectivity index (χ1n) is 7.51. The lowest BCUT2D eigenvalue weighted by atomic mass is 10.0. The predicted molar refractivity (Wildman–Crippen MR) is 80.8 cm³/mol. The van der Waals surface area contributed by atoms with Gasteiger partial charge < -0.3 is 15.6 Å². The number of nitrogens with zero attached hydrogens (tertiary/aromatic N) is 1. The Morgan fingerprint density at radius 2 is 2.15 bits per heavy atom. The Morgan fingerprint density at radius 3 is 2.85 bits per heavy atom. The first-order valence-corrected chi connectivity index (χ1v) is 7.51. The van der Waals surface area contributed by atoms with Gasteiger partial charge in [-0.2, -0.15) is 0 Å². The molecule has 0 aromatic heterocycles. The summed E-state index contributed by atoms with van der Waals surface area (Å²) < 4.78 is 5.47. The molecule has 2 rings (SSSR count). The number of nitrogens with two attached hydrogens (primary N) is 1. The van der Waals surface area contributed by atoms with Crippen LogP contribution in [0.5, 0.6) is 5.75 Å². The van der Waals surface area contributed by atoms with E-state index in [2.05, 4.69) is 11.0 Å². The topological polar surface area (TPSA) is 58.7 Å². The van der Waals surface area contributed by atoms with Gasteiger partial charge in [-0.3, -0.25) is 4.90 Å². The van der Waals surface area contributed by atoms with Crippen LogP contribution in [0.3, 0.4) is 0 Å². The van der Waals surface area contributed by atoms with Gasteiger partial charge in [0.1, 0.15) is 5.75 Å². The molecule has 4 nitrogen and oxygen atoms in total. The minimum atomic E-state index is 0.112. The van der Waals surface area contributed by atoms with Crippen molar-refractivity contribution in [2.45, 2.75) is 37.8 Å². The van der Waals surface area contributed by atoms with Crippen LogP contribution in [-0.2, 0) is 0 Å². The lowest BCUT2D eigenvalue weighted by Crippen LogP contribution is -2.43. The van der Waals surface area contributed by atoms with Crippen molar-refractivity contribution in [3.63, 3.8) is 0 Å². The lowest BCUT2D eigenvalue weighted by Gasteiger charge is -2.36. The van der Waals surface area contributed by atoms with Crippen molar-refractivity contribution in [2.75, 3.05) is 26.8 Å². The van der Waals surface area contributed by atoms with Crippen LogP contribution in [0, 0.1) is 0 Å². The van der Waals surface area contributed by atoms with Crippen LogP contribution in [0.1, 0.15) is 37.3 Å². The summed E-state index contributed by atoms with van der Waals surface area (Å²) in [5.74, 6) is 0.879. The normalized spacial score (nSPS) is 22.2. The molecule has 0 radical (unpaired) electrons. The van der Waals surface area contributed by atoms with Gasteiger partial charge in [0.05, 0.1) is 19.8 Å². The van der Waals surface area contributed by atoms with Crippen LogP contribution in [0.2, 0.25) is 0 Å². The third-order valence-corrected chi connectivity index (χ3v) is 4.25. The Hall–Kier alpha value is -1.10. The van der Waals surface area contributed by atoms with E-state index < -0.39 is 0 Å². The summed E-state index contributed by atoms with van der Waals surface area (Å²) in [5, 5.41) is 9.69. The van der Waals surface area contributed by atoms with Gasteiger partial charge in [-0.1, -0.05) is 31.0 Å². The summed E-state index contributed by atoms with van der Waals surface area (Å²) in [5.41, 5.74) is 7.17. The Morgan fingerprint density at radius 1 is 1.35 bits per heavy atom. The number of hydrogen-bond donors (Lipinski definition) is 2. The summed E-state index contributed by atoms with van der Waals surface area (Å²) in [4.78, 5) is 2.37. The first kappa shape index (κ1) is 15.3. The van der Waals surface area contributed by atoms with E-state index in [1.54, 1.807) is 7.11 Å². The van der Waals surface area contributed by atoms with Gasteiger partial charge in [-0.05, 0) is 25.5 Å². The third-order valence-electron chi connectivity index (χ3n) is 4.25. The molecule has 20 heavy (non-hydrogen) atoms. The second kappa shape index (κ2) is 7.62. The second-order valence-electron chi connectivity index (χ2n) is 5.42. The molecule has 1 aromatic carbocycles. The summed E-state index contributed by atoms with van der Waals surface area (Å²) in [6, 6.07) is 8.37. The van der Waals surface area contributed by atoms with Gasteiger partial charge >= 0.3 is 0 Å². The molecule has 0 spiro atoms. The molecular weight excluding hydrogens is 252 g/mol. The number of rotatable bonds is 5. The Bertz CT molecular complexity index is 411. The molecule has 0 saturated carbocycles. The van der Waals surface area contributed by atoms with Crippen LogP contribution in [0.25, 0.3) is 0 Å². The number of para-hydroxylation sites is 1. The van der Waals surface area contributed by atoms with E-state index in [0.717, 1.165) is 24.3 Å². The van der Waals surface area contributed by atoms with Crippen molar-refractivity contribution in [3.8, 4) is 5.75 Å². The molecule has 112 valence electrons. The molecule has 2 atom stereocenters. The Balaban J connectivity index is 2.29. The number of aliphatic hydroxyl groups is 1. The second-order valence-corrected chi connectivity index (χ2v) is 5.42. The number of ether oxygens (including phenoxy) is 1. The van der Waals surface area contributed by atoms with Crippen LogP contribution in [0.15, 0.2) is 24.3 Å². The molecule has 0 aliphatic carbocycles. The van der Waals surface area contributed by atoms with Gasteiger partial charge in [0.15, 0.2) is 0 Å². The third kappa shape index (κ3) is 3.32. The zero-order valence-electron chi connectivity index (χ0n) is 12.3. The quantitative estimate of drug-likeness (QED) is 0.864. The Kier molecular flexibility index (Phi) is 5.83. The maximum absolute atomic E-state index is 9.69. The van der Waals surface area contributed by atoms with E-state index in [4.69, 9.17) is 10.5 Å². The fourth-order valence-corrected chi connectivity index (χ4v) is 3.19. The van der Waals surface area contributed by atoms with Crippen molar-refractivity contribution < 1.29 is 9.84 Å². The standard InChI is InChI=1S/C16H26N2O2/c1-20-16-9-5-4-8-14(16)15(11-17)18-10-6-2-3-7-13(18)12-19/h4-5,8-9,13,15,19H,2-3,6-7,10-12,17H2,1H3. The molecule has 0 bridgehead atoms. The smallest absolute Gasteiger partial charge is 0.123 e. The highest BCUT2D eigenvalue weighted by atomic mass is 16.5. The zero-order chi connectivity index (χ0) is 14.4. The molecule has 1 aliphatic heterocycles. The van der Waals surface area contributed by atoms with Gasteiger partial charge in [0.2, 0.25) is 0 Å². The highest BCUT2D eigenvalue weighted by molar-refractivity contribution is 5.36. The number of aliphatic hydroxyl groups excluding tert-OH is 1. The highest BCUT2D eigenvalue weighted by Crippen LogP contribution is 2.32. The average Bonchev–Trinajstić information content (AvgIpc) is 2.74. The van der Waals surface area contributed by atoms with Crippen LogP contribution >= 0.6 is 0 Å². The average molecular weight is 278 g/mol. The molecule has 1 aliphatic rings. The van der Waals surface area contributed by atoms with Crippen molar-refractivity contribution in [3.05, 3.63) is 29.8 Å². The SMILES string of the molecule is COc1ccccc1C(CN)N1CCCCCC1CO. The van der Waals surface area contributed by atoms with E-state index in [1.807, 2.05) is 18.2 Å². The lowest BCUT2D eigenvalue weighted by molar-refractivity contribution is 0.0859. The molecule has 1 saturated heterocycles. The summed E-state index contributed by atoms with van der Waals surface area (Å²) in [7, 11) is 1.69. The highest BCUT2D eigenvalue weighted by Gasteiger charge is 2.29. The molecule has 1 heterocycles. The van der Waals surface area contributed by atoms with Crippen molar-refractivity contribution in [1.82, 2.24) is 4.90 Å². The van der Waals surface area contributed by atoms with E-state index >= 15 is 0 Å². The molecular formula is C16H26N2O2. The molecule has 2 unspecified atom stereocenters. The van der Waals surface area contributed by atoms with E-state index in [1.165, 1.54) is 19.3 Å². The fourth-order valence-electron chi connectivity index (χ4n) is 3.19. The van der Waals surface area contributed by atoms with Crippen molar-refractivity contribution in [1.29, 1.82) is 0 Å². The van der Waals surface area contributed by atoms with Gasteiger partial charge in [-0.25, -0.2) is 0 Å². The van der Waals surface area contributed by atoms with Crippen molar-refractivity contribution >= 4 is 0 Å². The van der Waals surface area contributed by atoms with E-state index in [-0.39, 0.29) is 18.7 Å². The van der Waals surface area contributed by atoms with Gasteiger partial charge in [0, 0.05) is 18.2 Å². The van der Waals surface area contributed by atoms with Crippen molar-refractivity contribution in [2.24, 2.45) is 5.73 Å². The Labute approximate surface area is 121 Å². The number of methoxy groups -OCH3 is 1. The molecule has 1 fully saturated rings.